The number of carbonyl (C=O) groups is 2. The highest BCUT2D eigenvalue weighted by molar-refractivity contribution is 7.22. The molecular weight excluding hydrogens is 420 g/mol. The molecule has 0 N–H and O–H groups in total. The molecule has 0 saturated heterocycles. The number of ketones is 2. The normalized spacial score (nSPS) is 13.2. The molecule has 0 fully saturated rings. The van der Waals surface area contributed by atoms with Crippen LogP contribution in [0.1, 0.15) is 26.5 Å². The summed E-state index contributed by atoms with van der Waals surface area (Å²) in [7, 11) is 1.64. The van der Waals surface area contributed by atoms with Crippen LogP contribution in [0.4, 0.5) is 0 Å². The molecule has 1 aliphatic rings. The van der Waals surface area contributed by atoms with Crippen molar-refractivity contribution in [3.05, 3.63) is 95.3 Å². The zero-order valence-electron chi connectivity index (χ0n) is 17.0. The fourth-order valence-corrected chi connectivity index (χ4v) is 5.14. The van der Waals surface area contributed by atoms with E-state index in [0.29, 0.717) is 16.9 Å². The van der Waals surface area contributed by atoms with E-state index < -0.39 is 0 Å². The minimum Gasteiger partial charge on any atom is -0.497 e. The molecule has 0 radical (unpaired) electrons. The van der Waals surface area contributed by atoms with Crippen LogP contribution in [0.3, 0.4) is 0 Å². The summed E-state index contributed by atoms with van der Waals surface area (Å²) in [5, 5.41) is 1.89. The average molecular weight is 436 g/mol. The van der Waals surface area contributed by atoms with Gasteiger partial charge in [-0.25, -0.2) is 0 Å². The van der Waals surface area contributed by atoms with Gasteiger partial charge in [-0.05, 0) is 58.8 Å². The zero-order chi connectivity index (χ0) is 21.8. The molecule has 0 spiro atoms. The molecule has 1 aliphatic carbocycles. The highest BCUT2D eigenvalue weighted by Gasteiger charge is 2.33. The Bertz CT molecular complexity index is 1490. The van der Waals surface area contributed by atoms with Crippen LogP contribution in [-0.2, 0) is 0 Å². The monoisotopic (exact) mass is 436 g/mol. The van der Waals surface area contributed by atoms with Crippen LogP contribution in [0.5, 0.6) is 5.75 Å². The summed E-state index contributed by atoms with van der Waals surface area (Å²) in [4.78, 5) is 27.0. The lowest BCUT2D eigenvalue weighted by molar-refractivity contribution is 0.0990. The second-order valence-corrected chi connectivity index (χ2v) is 8.76. The first-order chi connectivity index (χ1) is 15.6. The van der Waals surface area contributed by atoms with Crippen LogP contribution in [0.25, 0.3) is 37.6 Å². The number of thiophene rings is 1. The number of Topliss-reactive ketones (excluding diaryl/α,β-unsaturated/α-hetero) is 2. The predicted octanol–water partition coefficient (Wildman–Crippen LogP) is 6.79. The molecule has 5 heteroatoms. The molecule has 4 nitrogen and oxygen atoms in total. The van der Waals surface area contributed by atoms with Gasteiger partial charge >= 0.3 is 0 Å². The molecule has 32 heavy (non-hydrogen) atoms. The SMILES string of the molecule is COc1ccc(-c2cc3oc(C=C4C(=O)c5cc6ccccc6cc5C4=O)cc3s2)cc1. The summed E-state index contributed by atoms with van der Waals surface area (Å²) in [5.74, 6) is 0.799. The van der Waals surface area contributed by atoms with E-state index in [1.165, 1.54) is 0 Å². The highest BCUT2D eigenvalue weighted by Crippen LogP contribution is 2.37. The van der Waals surface area contributed by atoms with E-state index >= 15 is 0 Å². The fourth-order valence-electron chi connectivity index (χ4n) is 4.11. The van der Waals surface area contributed by atoms with Crippen LogP contribution in [0.2, 0.25) is 0 Å². The van der Waals surface area contributed by atoms with Gasteiger partial charge in [-0.15, -0.1) is 11.3 Å². The maximum absolute atomic E-state index is 13.0. The topological polar surface area (TPSA) is 56.5 Å². The van der Waals surface area contributed by atoms with Crippen LogP contribution in [0, 0.1) is 0 Å². The van der Waals surface area contributed by atoms with E-state index in [1.54, 1.807) is 36.7 Å². The molecule has 5 aromatic rings. The standard InChI is InChI=1S/C27H16O4S/c1-30-18-8-6-15(7-9-18)24-14-23-25(32-24)13-19(31-23)12-22-26(28)20-10-16-4-2-3-5-17(16)11-21(20)27(22)29/h2-14H,1H3. The Kier molecular flexibility index (Phi) is 4.13. The largest absolute Gasteiger partial charge is 0.497 e. The number of methoxy groups -OCH3 is 1. The average Bonchev–Trinajstić information content (AvgIpc) is 3.45. The molecule has 0 saturated carbocycles. The van der Waals surface area contributed by atoms with Gasteiger partial charge in [0.05, 0.1) is 17.4 Å². The summed E-state index contributed by atoms with van der Waals surface area (Å²) in [6, 6.07) is 23.0. The van der Waals surface area contributed by atoms with Crippen molar-refractivity contribution in [3.8, 4) is 16.2 Å². The van der Waals surface area contributed by atoms with Gasteiger partial charge in [-0.1, -0.05) is 24.3 Å². The van der Waals surface area contributed by atoms with Crippen molar-refractivity contribution >= 4 is 50.0 Å². The van der Waals surface area contributed by atoms with Gasteiger partial charge in [0.25, 0.3) is 0 Å². The molecule has 0 aliphatic heterocycles. The first-order valence-corrected chi connectivity index (χ1v) is 10.9. The van der Waals surface area contributed by atoms with Crippen molar-refractivity contribution in [1.29, 1.82) is 0 Å². The number of rotatable bonds is 3. The Balaban J connectivity index is 1.35. The quantitative estimate of drug-likeness (QED) is 0.231. The van der Waals surface area contributed by atoms with Crippen LogP contribution < -0.4 is 4.74 Å². The molecule has 0 unspecified atom stereocenters. The smallest absolute Gasteiger partial charge is 0.197 e. The number of allylic oxidation sites excluding steroid dienone is 1. The number of hydrogen-bond acceptors (Lipinski definition) is 5. The Morgan fingerprint density at radius 3 is 2.09 bits per heavy atom. The number of hydrogen-bond donors (Lipinski definition) is 0. The van der Waals surface area contributed by atoms with Crippen molar-refractivity contribution in [3.63, 3.8) is 0 Å². The summed E-state index contributed by atoms with van der Waals surface area (Å²) < 4.78 is 12.1. The summed E-state index contributed by atoms with van der Waals surface area (Å²) in [6.45, 7) is 0. The number of benzene rings is 3. The Morgan fingerprint density at radius 1 is 0.844 bits per heavy atom. The molecule has 2 aromatic heterocycles. The highest BCUT2D eigenvalue weighted by atomic mass is 32.1. The molecule has 6 rings (SSSR count). The Hall–Kier alpha value is -3.96. The third-order valence-electron chi connectivity index (χ3n) is 5.75. The molecule has 2 heterocycles. The third kappa shape index (κ3) is 2.90. The molecule has 3 aromatic carbocycles. The van der Waals surface area contributed by atoms with E-state index in [0.717, 1.165) is 37.2 Å². The number of fused-ring (bicyclic) bond motifs is 3. The molecular formula is C27H16O4S. The van der Waals surface area contributed by atoms with Crippen molar-refractivity contribution in [1.82, 2.24) is 0 Å². The van der Waals surface area contributed by atoms with Gasteiger partial charge in [0, 0.05) is 28.1 Å². The maximum atomic E-state index is 13.0. The molecule has 0 amide bonds. The number of ether oxygens (including phenoxy) is 1. The minimum atomic E-state index is -0.255. The predicted molar refractivity (Wildman–Crippen MR) is 127 cm³/mol. The first-order valence-electron chi connectivity index (χ1n) is 10.1. The lowest BCUT2D eigenvalue weighted by Crippen LogP contribution is -1.99. The van der Waals surface area contributed by atoms with Crippen molar-refractivity contribution < 1.29 is 18.7 Å². The van der Waals surface area contributed by atoms with E-state index in [9.17, 15) is 9.59 Å². The number of carbonyl (C=O) groups excluding carboxylic acids is 2. The van der Waals surface area contributed by atoms with Crippen LogP contribution in [0.15, 0.2) is 82.8 Å². The molecule has 0 atom stereocenters. The second-order valence-electron chi connectivity index (χ2n) is 7.68. The molecule has 154 valence electrons. The number of furan rings is 1. The lowest BCUT2D eigenvalue weighted by atomic mass is 10.0. The lowest BCUT2D eigenvalue weighted by Gasteiger charge is -2.00. The van der Waals surface area contributed by atoms with E-state index in [2.05, 4.69) is 0 Å². The maximum Gasteiger partial charge on any atom is 0.197 e. The van der Waals surface area contributed by atoms with Crippen LogP contribution in [-0.4, -0.2) is 18.7 Å². The van der Waals surface area contributed by atoms with Gasteiger partial charge in [0.15, 0.2) is 11.6 Å². The minimum absolute atomic E-state index is 0.145. The second kappa shape index (κ2) is 7.04. The Morgan fingerprint density at radius 2 is 1.50 bits per heavy atom. The van der Waals surface area contributed by atoms with Gasteiger partial charge in [-0.3, -0.25) is 9.59 Å². The van der Waals surface area contributed by atoms with Crippen LogP contribution >= 0.6 is 11.3 Å². The van der Waals surface area contributed by atoms with Gasteiger partial charge in [0.1, 0.15) is 17.1 Å². The first kappa shape index (κ1) is 18.8. The fraction of sp³-hybridized carbons (Fsp3) is 0.0370. The summed E-state index contributed by atoms with van der Waals surface area (Å²) >= 11 is 1.60. The van der Waals surface area contributed by atoms with E-state index in [-0.39, 0.29) is 17.1 Å². The summed E-state index contributed by atoms with van der Waals surface area (Å²) in [6.07, 6.45) is 1.56. The summed E-state index contributed by atoms with van der Waals surface area (Å²) in [5.41, 5.74) is 2.86. The van der Waals surface area contributed by atoms with Crippen molar-refractivity contribution in [2.75, 3.05) is 7.11 Å². The van der Waals surface area contributed by atoms with Gasteiger partial charge in [0.2, 0.25) is 0 Å². The third-order valence-corrected chi connectivity index (χ3v) is 6.86. The molecule has 0 bridgehead atoms. The zero-order valence-corrected chi connectivity index (χ0v) is 17.9. The van der Waals surface area contributed by atoms with Crippen molar-refractivity contribution in [2.24, 2.45) is 0 Å². The Labute approximate surface area is 187 Å². The van der Waals surface area contributed by atoms with Gasteiger partial charge < -0.3 is 9.15 Å². The van der Waals surface area contributed by atoms with E-state index in [4.69, 9.17) is 9.15 Å². The van der Waals surface area contributed by atoms with E-state index in [1.807, 2.05) is 60.7 Å². The van der Waals surface area contributed by atoms with Crippen molar-refractivity contribution in [2.45, 2.75) is 0 Å². The van der Waals surface area contributed by atoms with Gasteiger partial charge in [-0.2, -0.15) is 0 Å².